The zero-order valence-electron chi connectivity index (χ0n) is 11.0. The third-order valence-corrected chi connectivity index (χ3v) is 4.15. The molecule has 8 heteroatoms. The molecule has 1 amide bonds. The molecule has 1 fully saturated rings. The number of amides is 1. The Balaban J connectivity index is 1.67. The Labute approximate surface area is 124 Å². The van der Waals surface area contributed by atoms with Gasteiger partial charge in [0.1, 0.15) is 5.01 Å². The molecule has 1 saturated carbocycles. The first-order chi connectivity index (χ1) is 10.1. The van der Waals surface area contributed by atoms with Crippen LogP contribution in [-0.4, -0.2) is 21.0 Å². The summed E-state index contributed by atoms with van der Waals surface area (Å²) in [5, 5.41) is 22.9. The lowest BCUT2D eigenvalue weighted by molar-refractivity contribution is -0.385. The third-order valence-electron chi connectivity index (χ3n) is 3.15. The summed E-state index contributed by atoms with van der Waals surface area (Å²) in [7, 11) is 0. The molecule has 0 radical (unpaired) electrons. The number of anilines is 1. The molecule has 1 heterocycles. The molecular formula is C13H12N4O3S. The van der Waals surface area contributed by atoms with E-state index in [1.165, 1.54) is 17.4 Å². The molecule has 0 saturated heterocycles. The molecule has 21 heavy (non-hydrogen) atoms. The second kappa shape index (κ2) is 5.57. The molecule has 0 bridgehead atoms. The summed E-state index contributed by atoms with van der Waals surface area (Å²) in [6, 6.07) is 6.21. The Morgan fingerprint density at radius 3 is 2.86 bits per heavy atom. The smallest absolute Gasteiger partial charge is 0.273 e. The molecule has 1 aromatic heterocycles. The third kappa shape index (κ3) is 3.22. The summed E-state index contributed by atoms with van der Waals surface area (Å²) in [6.45, 7) is 0. The van der Waals surface area contributed by atoms with E-state index < -0.39 is 4.92 Å². The van der Waals surface area contributed by atoms with Crippen molar-refractivity contribution in [1.82, 2.24) is 10.2 Å². The van der Waals surface area contributed by atoms with E-state index in [0.717, 1.165) is 17.8 Å². The molecule has 2 aromatic rings. The minimum atomic E-state index is -0.487. The molecule has 3 rings (SSSR count). The molecule has 0 unspecified atom stereocenters. The number of carbonyl (C=O) groups is 1. The van der Waals surface area contributed by atoms with Crippen LogP contribution in [0, 0.1) is 10.1 Å². The predicted molar refractivity (Wildman–Crippen MR) is 77.3 cm³/mol. The zero-order chi connectivity index (χ0) is 14.8. The Hall–Kier alpha value is -2.35. The number of aromatic nitrogens is 2. The Bertz CT molecular complexity index is 696. The SMILES string of the molecule is O=C(Cc1ccccc1[N+](=O)[O-])Nc1nnc(C2CC2)s1. The van der Waals surface area contributed by atoms with E-state index >= 15 is 0 Å². The maximum absolute atomic E-state index is 12.0. The lowest BCUT2D eigenvalue weighted by Gasteiger charge is -2.02. The summed E-state index contributed by atoms with van der Waals surface area (Å²) in [5.74, 6) is 0.158. The van der Waals surface area contributed by atoms with E-state index in [1.54, 1.807) is 18.2 Å². The van der Waals surface area contributed by atoms with Gasteiger partial charge in [-0.3, -0.25) is 14.9 Å². The fourth-order valence-corrected chi connectivity index (χ4v) is 2.88. The standard InChI is InChI=1S/C13H12N4O3S/c18-11(7-9-3-1-2-4-10(9)17(19)20)14-13-16-15-12(21-13)8-5-6-8/h1-4,8H,5-7H2,(H,14,16,18). The Morgan fingerprint density at radius 2 is 2.14 bits per heavy atom. The second-order valence-electron chi connectivity index (χ2n) is 4.83. The quantitative estimate of drug-likeness (QED) is 0.676. The van der Waals surface area contributed by atoms with Gasteiger partial charge in [-0.2, -0.15) is 0 Å². The van der Waals surface area contributed by atoms with Gasteiger partial charge < -0.3 is 5.32 Å². The normalized spacial score (nSPS) is 13.9. The molecule has 1 aliphatic carbocycles. The number of hydrogen-bond donors (Lipinski definition) is 1. The van der Waals surface area contributed by atoms with Crippen LogP contribution in [0.25, 0.3) is 0 Å². The Kier molecular flexibility index (Phi) is 3.61. The van der Waals surface area contributed by atoms with E-state index in [-0.39, 0.29) is 18.0 Å². The topological polar surface area (TPSA) is 98.0 Å². The summed E-state index contributed by atoms with van der Waals surface area (Å²) in [4.78, 5) is 22.4. The van der Waals surface area contributed by atoms with Gasteiger partial charge in [0.2, 0.25) is 11.0 Å². The zero-order valence-corrected chi connectivity index (χ0v) is 11.8. The first-order valence-corrected chi connectivity index (χ1v) is 7.30. The van der Waals surface area contributed by atoms with Crippen LogP contribution in [-0.2, 0) is 11.2 Å². The van der Waals surface area contributed by atoms with Crippen LogP contribution in [0.15, 0.2) is 24.3 Å². The fourth-order valence-electron chi connectivity index (χ4n) is 1.96. The lowest BCUT2D eigenvalue weighted by atomic mass is 10.1. The van der Waals surface area contributed by atoms with E-state index in [4.69, 9.17) is 0 Å². The summed E-state index contributed by atoms with van der Waals surface area (Å²) >= 11 is 1.36. The number of para-hydroxylation sites is 1. The first kappa shape index (κ1) is 13.6. The fraction of sp³-hybridized carbons (Fsp3) is 0.308. The van der Waals surface area contributed by atoms with Gasteiger partial charge in [0, 0.05) is 17.5 Å². The monoisotopic (exact) mass is 304 g/mol. The van der Waals surface area contributed by atoms with Crippen LogP contribution in [0.1, 0.15) is 29.3 Å². The summed E-state index contributed by atoms with van der Waals surface area (Å²) < 4.78 is 0. The summed E-state index contributed by atoms with van der Waals surface area (Å²) in [5.41, 5.74) is 0.329. The molecule has 108 valence electrons. The van der Waals surface area contributed by atoms with Crippen molar-refractivity contribution in [2.75, 3.05) is 5.32 Å². The van der Waals surface area contributed by atoms with Gasteiger partial charge in [-0.05, 0) is 12.8 Å². The van der Waals surface area contributed by atoms with E-state index in [2.05, 4.69) is 15.5 Å². The molecular weight excluding hydrogens is 292 g/mol. The Morgan fingerprint density at radius 1 is 1.38 bits per heavy atom. The van der Waals surface area contributed by atoms with Gasteiger partial charge in [0.15, 0.2) is 0 Å². The maximum atomic E-state index is 12.0. The number of nitro groups is 1. The molecule has 1 N–H and O–H groups in total. The minimum absolute atomic E-state index is 0.0522. The van der Waals surface area contributed by atoms with E-state index in [9.17, 15) is 14.9 Å². The van der Waals surface area contributed by atoms with Crippen LogP contribution in [0.2, 0.25) is 0 Å². The van der Waals surface area contributed by atoms with Crippen molar-refractivity contribution in [2.45, 2.75) is 25.2 Å². The van der Waals surface area contributed by atoms with E-state index in [1.807, 2.05) is 0 Å². The van der Waals surface area contributed by atoms with Crippen molar-refractivity contribution in [3.8, 4) is 0 Å². The minimum Gasteiger partial charge on any atom is -0.300 e. The molecule has 0 aliphatic heterocycles. The van der Waals surface area contributed by atoms with Gasteiger partial charge >= 0.3 is 0 Å². The van der Waals surface area contributed by atoms with Crippen molar-refractivity contribution in [3.05, 3.63) is 45.0 Å². The van der Waals surface area contributed by atoms with Crippen LogP contribution < -0.4 is 5.32 Å². The van der Waals surface area contributed by atoms with Crippen molar-refractivity contribution in [1.29, 1.82) is 0 Å². The molecule has 7 nitrogen and oxygen atoms in total. The van der Waals surface area contributed by atoms with Crippen molar-refractivity contribution < 1.29 is 9.72 Å². The van der Waals surface area contributed by atoms with Crippen LogP contribution >= 0.6 is 11.3 Å². The van der Waals surface area contributed by atoms with Crippen LogP contribution in [0.4, 0.5) is 10.8 Å². The van der Waals surface area contributed by atoms with Gasteiger partial charge in [-0.1, -0.05) is 29.5 Å². The highest BCUT2D eigenvalue weighted by molar-refractivity contribution is 7.15. The summed E-state index contributed by atoms with van der Waals surface area (Å²) in [6.07, 6.45) is 2.19. The van der Waals surface area contributed by atoms with Crippen molar-refractivity contribution in [2.24, 2.45) is 0 Å². The van der Waals surface area contributed by atoms with Gasteiger partial charge in [-0.25, -0.2) is 0 Å². The van der Waals surface area contributed by atoms with Gasteiger partial charge in [-0.15, -0.1) is 10.2 Å². The van der Waals surface area contributed by atoms with Crippen LogP contribution in [0.3, 0.4) is 0 Å². The number of carbonyl (C=O) groups excluding carboxylic acids is 1. The largest absolute Gasteiger partial charge is 0.300 e. The maximum Gasteiger partial charge on any atom is 0.273 e. The average molecular weight is 304 g/mol. The van der Waals surface area contributed by atoms with E-state index in [0.29, 0.717) is 16.6 Å². The number of hydrogen-bond acceptors (Lipinski definition) is 6. The number of nitrogens with zero attached hydrogens (tertiary/aromatic N) is 3. The second-order valence-corrected chi connectivity index (χ2v) is 5.84. The molecule has 0 spiro atoms. The molecule has 0 atom stereocenters. The van der Waals surface area contributed by atoms with Gasteiger partial charge in [0.25, 0.3) is 5.69 Å². The average Bonchev–Trinajstić information content (AvgIpc) is 3.20. The highest BCUT2D eigenvalue weighted by atomic mass is 32.1. The number of nitrogens with one attached hydrogen (secondary N) is 1. The van der Waals surface area contributed by atoms with Gasteiger partial charge in [0.05, 0.1) is 11.3 Å². The first-order valence-electron chi connectivity index (χ1n) is 6.49. The number of benzene rings is 1. The molecule has 1 aromatic carbocycles. The van der Waals surface area contributed by atoms with Crippen LogP contribution in [0.5, 0.6) is 0 Å². The number of nitro benzene ring substituents is 1. The predicted octanol–water partition coefficient (Wildman–Crippen LogP) is 2.50. The highest BCUT2D eigenvalue weighted by Gasteiger charge is 2.27. The number of rotatable bonds is 5. The highest BCUT2D eigenvalue weighted by Crippen LogP contribution is 2.42. The lowest BCUT2D eigenvalue weighted by Crippen LogP contribution is -2.15. The van der Waals surface area contributed by atoms with Crippen molar-refractivity contribution >= 4 is 28.1 Å². The van der Waals surface area contributed by atoms with Crippen molar-refractivity contribution in [3.63, 3.8) is 0 Å². The molecule has 1 aliphatic rings.